The molecule has 2 rings (SSSR count). The van der Waals surface area contributed by atoms with Gasteiger partial charge in [0.25, 0.3) is 0 Å². The molecule has 5 nitrogen and oxygen atoms in total. The molecular formula is C24H37N2O3+. The zero-order valence-corrected chi connectivity index (χ0v) is 17.4. The number of aliphatic hydroxyl groups is 3. The van der Waals surface area contributed by atoms with E-state index in [1.165, 1.54) is 5.56 Å². The predicted octanol–water partition coefficient (Wildman–Crippen LogP) is 2.91. The standard InChI is InChI=1S/C24H37N2O3/c25-23-12-10-21(11-13-23)14-17-26(15-4-6-18-27,16-5-7-19-28)20-24(29)22-8-2-1-3-9-22/h1-3,8-13,24,27-29H,4-7,14-20,25H2/q+1/t24-/m0/s1. The van der Waals surface area contributed by atoms with Gasteiger partial charge in [-0.3, -0.25) is 0 Å². The Bertz CT molecular complexity index is 666. The van der Waals surface area contributed by atoms with Crippen LogP contribution in [0.3, 0.4) is 0 Å². The van der Waals surface area contributed by atoms with Crippen LogP contribution in [0.15, 0.2) is 54.6 Å². The van der Waals surface area contributed by atoms with E-state index in [0.717, 1.165) is 67.5 Å². The van der Waals surface area contributed by atoms with Crippen molar-refractivity contribution >= 4 is 5.69 Å². The topological polar surface area (TPSA) is 86.7 Å². The summed E-state index contributed by atoms with van der Waals surface area (Å²) in [6.07, 6.45) is 3.73. The highest BCUT2D eigenvalue weighted by atomic mass is 16.3. The highest BCUT2D eigenvalue weighted by Crippen LogP contribution is 2.22. The smallest absolute Gasteiger partial charge is 0.128 e. The van der Waals surface area contributed by atoms with E-state index in [1.807, 2.05) is 42.5 Å². The first-order chi connectivity index (χ1) is 14.1. The van der Waals surface area contributed by atoms with Gasteiger partial charge in [-0.05, 0) is 48.9 Å². The second kappa shape index (κ2) is 12.6. The van der Waals surface area contributed by atoms with E-state index < -0.39 is 6.10 Å². The lowest BCUT2D eigenvalue weighted by molar-refractivity contribution is -0.931. The maximum absolute atomic E-state index is 11.0. The van der Waals surface area contributed by atoms with Crippen molar-refractivity contribution in [2.24, 2.45) is 0 Å². The second-order valence-corrected chi connectivity index (χ2v) is 7.97. The van der Waals surface area contributed by atoms with E-state index in [9.17, 15) is 15.3 Å². The summed E-state index contributed by atoms with van der Waals surface area (Å²) in [4.78, 5) is 0. The van der Waals surface area contributed by atoms with Gasteiger partial charge in [0.1, 0.15) is 12.6 Å². The summed E-state index contributed by atoms with van der Waals surface area (Å²) in [5, 5.41) is 29.5. The number of hydrogen-bond donors (Lipinski definition) is 4. The lowest BCUT2D eigenvalue weighted by Gasteiger charge is -2.41. The van der Waals surface area contributed by atoms with Gasteiger partial charge in [-0.25, -0.2) is 0 Å². The normalized spacial score (nSPS) is 12.8. The van der Waals surface area contributed by atoms with E-state index in [4.69, 9.17) is 5.73 Å². The molecule has 0 unspecified atom stereocenters. The van der Waals surface area contributed by atoms with Crippen molar-refractivity contribution in [2.75, 3.05) is 45.1 Å². The Hall–Kier alpha value is -1.92. The zero-order valence-electron chi connectivity index (χ0n) is 17.4. The van der Waals surface area contributed by atoms with Gasteiger partial charge in [0.15, 0.2) is 0 Å². The first kappa shape index (κ1) is 23.4. The maximum atomic E-state index is 11.0. The summed E-state index contributed by atoms with van der Waals surface area (Å²) in [5.41, 5.74) is 8.75. The van der Waals surface area contributed by atoms with Crippen LogP contribution in [-0.2, 0) is 6.42 Å². The van der Waals surface area contributed by atoms with Crippen molar-refractivity contribution in [2.45, 2.75) is 38.2 Å². The molecule has 0 radical (unpaired) electrons. The first-order valence-corrected chi connectivity index (χ1v) is 10.7. The van der Waals surface area contributed by atoms with E-state index in [1.54, 1.807) is 0 Å². The molecule has 160 valence electrons. The zero-order chi connectivity index (χ0) is 21.0. The van der Waals surface area contributed by atoms with E-state index in [0.29, 0.717) is 6.54 Å². The number of anilines is 1. The molecule has 0 saturated heterocycles. The third kappa shape index (κ3) is 8.15. The van der Waals surface area contributed by atoms with Crippen LogP contribution in [0.5, 0.6) is 0 Å². The average Bonchev–Trinajstić information content (AvgIpc) is 2.74. The SMILES string of the molecule is Nc1ccc(CC[N+](CCCCO)(CCCCO)C[C@H](O)c2ccccc2)cc1. The number of nitrogen functional groups attached to an aromatic ring is 1. The molecule has 2 aromatic carbocycles. The van der Waals surface area contributed by atoms with Crippen molar-refractivity contribution in [3.05, 3.63) is 65.7 Å². The van der Waals surface area contributed by atoms with Crippen molar-refractivity contribution in [3.63, 3.8) is 0 Å². The van der Waals surface area contributed by atoms with Crippen LogP contribution in [-0.4, -0.2) is 59.2 Å². The summed E-state index contributed by atoms with van der Waals surface area (Å²) < 4.78 is 0.778. The summed E-state index contributed by atoms with van der Waals surface area (Å²) in [5.74, 6) is 0. The van der Waals surface area contributed by atoms with Gasteiger partial charge in [0.2, 0.25) is 0 Å². The number of hydrogen-bond acceptors (Lipinski definition) is 4. The number of aliphatic hydroxyl groups excluding tert-OH is 3. The fraction of sp³-hybridized carbons (Fsp3) is 0.500. The van der Waals surface area contributed by atoms with Gasteiger partial charge in [0, 0.05) is 25.3 Å². The molecule has 5 heteroatoms. The molecule has 5 N–H and O–H groups in total. The Labute approximate surface area is 175 Å². The van der Waals surface area contributed by atoms with Crippen molar-refractivity contribution in [1.82, 2.24) is 0 Å². The van der Waals surface area contributed by atoms with Crippen molar-refractivity contribution in [1.29, 1.82) is 0 Å². The average molecular weight is 402 g/mol. The minimum absolute atomic E-state index is 0.190. The minimum atomic E-state index is -0.536. The second-order valence-electron chi connectivity index (χ2n) is 7.97. The van der Waals surface area contributed by atoms with Gasteiger partial charge in [0.05, 0.1) is 19.6 Å². The summed E-state index contributed by atoms with van der Waals surface area (Å²) in [6.45, 7) is 3.74. The van der Waals surface area contributed by atoms with Crippen LogP contribution in [0.25, 0.3) is 0 Å². The molecule has 0 heterocycles. The first-order valence-electron chi connectivity index (χ1n) is 10.7. The van der Waals surface area contributed by atoms with E-state index >= 15 is 0 Å². The summed E-state index contributed by atoms with van der Waals surface area (Å²) in [6, 6.07) is 17.8. The number of rotatable bonds is 14. The van der Waals surface area contributed by atoms with Crippen LogP contribution >= 0.6 is 0 Å². The summed E-state index contributed by atoms with van der Waals surface area (Å²) >= 11 is 0. The van der Waals surface area contributed by atoms with Crippen molar-refractivity contribution < 1.29 is 19.8 Å². The fourth-order valence-corrected chi connectivity index (χ4v) is 3.93. The third-order valence-corrected chi connectivity index (χ3v) is 5.68. The molecule has 0 saturated carbocycles. The fourth-order valence-electron chi connectivity index (χ4n) is 3.93. The Morgan fingerprint density at radius 2 is 1.34 bits per heavy atom. The molecule has 0 aliphatic heterocycles. The maximum Gasteiger partial charge on any atom is 0.128 e. The molecule has 0 spiro atoms. The van der Waals surface area contributed by atoms with Gasteiger partial charge in [-0.1, -0.05) is 42.5 Å². The minimum Gasteiger partial charge on any atom is -0.399 e. The number of nitrogens with zero attached hydrogens (tertiary/aromatic N) is 1. The molecular weight excluding hydrogens is 364 g/mol. The van der Waals surface area contributed by atoms with E-state index in [-0.39, 0.29) is 13.2 Å². The van der Waals surface area contributed by atoms with Crippen LogP contribution in [0, 0.1) is 0 Å². The Balaban J connectivity index is 2.18. The molecule has 2 aromatic rings. The van der Waals surface area contributed by atoms with Crippen LogP contribution in [0.1, 0.15) is 42.9 Å². The van der Waals surface area contributed by atoms with Crippen LogP contribution < -0.4 is 5.73 Å². The quantitative estimate of drug-likeness (QED) is 0.223. The van der Waals surface area contributed by atoms with Crippen LogP contribution in [0.2, 0.25) is 0 Å². The molecule has 0 fully saturated rings. The number of unbranched alkanes of at least 4 members (excludes halogenated alkanes) is 2. The number of benzene rings is 2. The Kier molecular flexibility index (Phi) is 10.2. The van der Waals surface area contributed by atoms with E-state index in [2.05, 4.69) is 12.1 Å². The highest BCUT2D eigenvalue weighted by Gasteiger charge is 2.30. The largest absolute Gasteiger partial charge is 0.399 e. The number of quaternary nitrogens is 1. The van der Waals surface area contributed by atoms with Gasteiger partial charge >= 0.3 is 0 Å². The predicted molar refractivity (Wildman–Crippen MR) is 118 cm³/mol. The monoisotopic (exact) mass is 401 g/mol. The van der Waals surface area contributed by atoms with Gasteiger partial charge < -0.3 is 25.5 Å². The third-order valence-electron chi connectivity index (χ3n) is 5.68. The molecule has 29 heavy (non-hydrogen) atoms. The van der Waals surface area contributed by atoms with Crippen LogP contribution in [0.4, 0.5) is 5.69 Å². The Morgan fingerprint density at radius 3 is 1.90 bits per heavy atom. The van der Waals surface area contributed by atoms with Crippen molar-refractivity contribution in [3.8, 4) is 0 Å². The highest BCUT2D eigenvalue weighted by molar-refractivity contribution is 5.39. The lowest BCUT2D eigenvalue weighted by atomic mass is 10.0. The molecule has 0 bridgehead atoms. The number of nitrogens with two attached hydrogens (primary N) is 1. The lowest BCUT2D eigenvalue weighted by Crippen LogP contribution is -2.53. The molecule has 0 amide bonds. The van der Waals surface area contributed by atoms with Gasteiger partial charge in [-0.15, -0.1) is 0 Å². The van der Waals surface area contributed by atoms with Gasteiger partial charge in [-0.2, -0.15) is 0 Å². The molecule has 1 atom stereocenters. The summed E-state index contributed by atoms with van der Waals surface area (Å²) in [7, 11) is 0. The molecule has 0 aliphatic carbocycles. The molecule has 0 aliphatic rings. The molecule has 0 aromatic heterocycles. The Morgan fingerprint density at radius 1 is 0.759 bits per heavy atom.